The van der Waals surface area contributed by atoms with E-state index in [9.17, 15) is 18.0 Å². The molecule has 1 aromatic rings. The number of amides is 1. The van der Waals surface area contributed by atoms with Crippen LogP contribution >= 0.6 is 0 Å². The summed E-state index contributed by atoms with van der Waals surface area (Å²) < 4.78 is 40.3. The molecule has 0 aliphatic carbocycles. The molecule has 1 amide bonds. The summed E-state index contributed by atoms with van der Waals surface area (Å²) in [5.74, 6) is -0.425. The van der Waals surface area contributed by atoms with Gasteiger partial charge in [0.25, 0.3) is 6.47 Å². The zero-order valence-electron chi connectivity index (χ0n) is 13.0. The van der Waals surface area contributed by atoms with Crippen LogP contribution in [0.5, 0.6) is 5.75 Å². The molecule has 6 nitrogen and oxygen atoms in total. The zero-order valence-corrected chi connectivity index (χ0v) is 13.0. The van der Waals surface area contributed by atoms with Crippen LogP contribution in [-0.4, -0.2) is 36.9 Å². The van der Waals surface area contributed by atoms with Gasteiger partial charge in [-0.3, -0.25) is 9.59 Å². The van der Waals surface area contributed by atoms with E-state index in [1.165, 1.54) is 19.1 Å². The van der Waals surface area contributed by atoms with E-state index in [2.05, 4.69) is 15.4 Å². The standard InChI is InChI=1S/C14H17F3N2O2.CH2O2/c1-10(20)19-13(6-8-18-9-7-13)11-2-4-12(5-3-11)21-14(15,16)17;2-1-3/h2-5,18H,6-9H2,1H3,(H,19,20);1H,(H,2,3). The molecule has 134 valence electrons. The fourth-order valence-electron chi connectivity index (χ4n) is 2.65. The van der Waals surface area contributed by atoms with Gasteiger partial charge in [0, 0.05) is 6.92 Å². The van der Waals surface area contributed by atoms with Gasteiger partial charge < -0.3 is 20.5 Å². The summed E-state index contributed by atoms with van der Waals surface area (Å²) in [5, 5.41) is 13.0. The van der Waals surface area contributed by atoms with Crippen LogP contribution in [0.25, 0.3) is 0 Å². The lowest BCUT2D eigenvalue weighted by atomic mass is 9.81. The second-order valence-electron chi connectivity index (χ2n) is 5.19. The smallest absolute Gasteiger partial charge is 0.483 e. The van der Waals surface area contributed by atoms with Crippen molar-refractivity contribution in [1.82, 2.24) is 10.6 Å². The average molecular weight is 348 g/mol. The maximum absolute atomic E-state index is 12.2. The van der Waals surface area contributed by atoms with Crippen molar-refractivity contribution < 1.29 is 32.6 Å². The van der Waals surface area contributed by atoms with Gasteiger partial charge in [0.05, 0.1) is 5.54 Å². The topological polar surface area (TPSA) is 87.7 Å². The van der Waals surface area contributed by atoms with Crippen LogP contribution in [0.1, 0.15) is 25.3 Å². The lowest BCUT2D eigenvalue weighted by Crippen LogP contribution is -2.51. The number of alkyl halides is 3. The fraction of sp³-hybridized carbons (Fsp3) is 0.467. The Labute approximate surface area is 137 Å². The van der Waals surface area contributed by atoms with Crippen LogP contribution in [0.4, 0.5) is 13.2 Å². The molecule has 2 rings (SSSR count). The summed E-state index contributed by atoms with van der Waals surface area (Å²) in [7, 11) is 0. The number of ether oxygens (including phenoxy) is 1. The van der Waals surface area contributed by atoms with Gasteiger partial charge >= 0.3 is 6.36 Å². The molecule has 1 aliphatic rings. The third-order valence-electron chi connectivity index (χ3n) is 3.51. The largest absolute Gasteiger partial charge is 0.573 e. The summed E-state index contributed by atoms with van der Waals surface area (Å²) in [4.78, 5) is 19.8. The van der Waals surface area contributed by atoms with Crippen LogP contribution in [0, 0.1) is 0 Å². The Bertz CT molecular complexity index is 541. The molecule has 0 saturated carbocycles. The van der Waals surface area contributed by atoms with E-state index < -0.39 is 11.9 Å². The molecule has 1 aliphatic heterocycles. The third kappa shape index (κ3) is 6.07. The van der Waals surface area contributed by atoms with Crippen molar-refractivity contribution in [1.29, 1.82) is 0 Å². The first-order valence-corrected chi connectivity index (χ1v) is 7.16. The molecular weight excluding hydrogens is 329 g/mol. The molecule has 0 aromatic heterocycles. The fourth-order valence-corrected chi connectivity index (χ4v) is 2.65. The van der Waals surface area contributed by atoms with E-state index in [0.29, 0.717) is 12.8 Å². The van der Waals surface area contributed by atoms with Crippen molar-refractivity contribution in [2.45, 2.75) is 31.7 Å². The number of halogens is 3. The molecule has 1 fully saturated rings. The number of rotatable bonds is 3. The lowest BCUT2D eigenvalue weighted by molar-refractivity contribution is -0.274. The molecule has 0 atom stereocenters. The van der Waals surface area contributed by atoms with Crippen LogP contribution in [0.3, 0.4) is 0 Å². The molecule has 0 radical (unpaired) electrons. The first-order chi connectivity index (χ1) is 11.2. The number of hydrogen-bond donors (Lipinski definition) is 3. The van der Waals surface area contributed by atoms with E-state index in [1.807, 2.05) is 0 Å². The highest BCUT2D eigenvalue weighted by molar-refractivity contribution is 5.74. The minimum Gasteiger partial charge on any atom is -0.483 e. The second kappa shape index (κ2) is 8.53. The van der Waals surface area contributed by atoms with Gasteiger partial charge in [0.1, 0.15) is 5.75 Å². The van der Waals surface area contributed by atoms with E-state index in [4.69, 9.17) is 9.90 Å². The average Bonchev–Trinajstić information content (AvgIpc) is 2.47. The van der Waals surface area contributed by atoms with Crippen LogP contribution in [0.2, 0.25) is 0 Å². The first-order valence-electron chi connectivity index (χ1n) is 7.16. The summed E-state index contributed by atoms with van der Waals surface area (Å²) in [6.07, 6.45) is -3.33. The molecule has 3 N–H and O–H groups in total. The van der Waals surface area contributed by atoms with Crippen molar-refractivity contribution in [2.75, 3.05) is 13.1 Å². The first kappa shape index (κ1) is 19.8. The summed E-state index contributed by atoms with van der Waals surface area (Å²) in [6, 6.07) is 5.69. The molecule has 0 unspecified atom stereocenters. The molecule has 0 spiro atoms. The lowest BCUT2D eigenvalue weighted by Gasteiger charge is -2.38. The molecule has 1 aromatic carbocycles. The molecule has 1 heterocycles. The third-order valence-corrected chi connectivity index (χ3v) is 3.51. The van der Waals surface area contributed by atoms with Gasteiger partial charge in [-0.25, -0.2) is 0 Å². The Balaban J connectivity index is 0.000000891. The van der Waals surface area contributed by atoms with Gasteiger partial charge in [0.2, 0.25) is 5.91 Å². The summed E-state index contributed by atoms with van der Waals surface area (Å²) >= 11 is 0. The number of hydrogen-bond acceptors (Lipinski definition) is 4. The molecule has 0 bridgehead atoms. The zero-order chi connectivity index (χ0) is 18.2. The number of carbonyl (C=O) groups is 2. The van der Waals surface area contributed by atoms with Gasteiger partial charge in [0.15, 0.2) is 0 Å². The van der Waals surface area contributed by atoms with Crippen molar-refractivity contribution in [3.8, 4) is 5.75 Å². The van der Waals surface area contributed by atoms with Gasteiger partial charge in [-0.05, 0) is 43.6 Å². The van der Waals surface area contributed by atoms with Crippen LogP contribution in [-0.2, 0) is 15.1 Å². The highest BCUT2D eigenvalue weighted by atomic mass is 19.4. The Morgan fingerprint density at radius 2 is 1.79 bits per heavy atom. The predicted molar refractivity (Wildman–Crippen MR) is 79.4 cm³/mol. The Hall–Kier alpha value is -2.29. The number of carboxylic acid groups (broad SMARTS) is 1. The summed E-state index contributed by atoms with van der Waals surface area (Å²) in [5.41, 5.74) is 0.252. The maximum Gasteiger partial charge on any atom is 0.573 e. The van der Waals surface area contributed by atoms with Crippen LogP contribution in [0.15, 0.2) is 24.3 Å². The molecular formula is C15H19F3N2O4. The molecule has 1 saturated heterocycles. The summed E-state index contributed by atoms with van der Waals surface area (Å²) in [6.45, 7) is 2.66. The van der Waals surface area contributed by atoms with E-state index in [0.717, 1.165) is 18.7 Å². The Kier molecular flexibility index (Phi) is 7.02. The highest BCUT2D eigenvalue weighted by Gasteiger charge is 2.35. The molecule has 24 heavy (non-hydrogen) atoms. The normalized spacial score (nSPS) is 16.3. The van der Waals surface area contributed by atoms with Crippen LogP contribution < -0.4 is 15.4 Å². The highest BCUT2D eigenvalue weighted by Crippen LogP contribution is 2.32. The van der Waals surface area contributed by atoms with E-state index in [1.54, 1.807) is 12.1 Å². The number of nitrogens with one attached hydrogen (secondary N) is 2. The van der Waals surface area contributed by atoms with Gasteiger partial charge in [-0.2, -0.15) is 0 Å². The van der Waals surface area contributed by atoms with Crippen molar-refractivity contribution in [2.24, 2.45) is 0 Å². The monoisotopic (exact) mass is 348 g/mol. The SMILES string of the molecule is CC(=O)NC1(c2ccc(OC(F)(F)F)cc2)CCNCC1.O=CO. The Morgan fingerprint density at radius 1 is 1.29 bits per heavy atom. The van der Waals surface area contributed by atoms with E-state index >= 15 is 0 Å². The Morgan fingerprint density at radius 3 is 2.21 bits per heavy atom. The number of piperidine rings is 1. The number of benzene rings is 1. The second-order valence-corrected chi connectivity index (χ2v) is 5.19. The molecule has 9 heteroatoms. The van der Waals surface area contributed by atoms with Crippen molar-refractivity contribution in [3.63, 3.8) is 0 Å². The van der Waals surface area contributed by atoms with Crippen molar-refractivity contribution in [3.05, 3.63) is 29.8 Å². The van der Waals surface area contributed by atoms with E-state index in [-0.39, 0.29) is 18.1 Å². The quantitative estimate of drug-likeness (QED) is 0.727. The predicted octanol–water partition coefficient (Wildman–Crippen LogP) is 2.00. The van der Waals surface area contributed by atoms with Gasteiger partial charge in [-0.1, -0.05) is 12.1 Å². The van der Waals surface area contributed by atoms with Gasteiger partial charge in [-0.15, -0.1) is 13.2 Å². The maximum atomic E-state index is 12.2. The number of carbonyl (C=O) groups excluding carboxylic acids is 1. The minimum atomic E-state index is -4.70. The van der Waals surface area contributed by atoms with Crippen molar-refractivity contribution >= 4 is 12.4 Å². The minimum absolute atomic E-state index is 0.160.